The van der Waals surface area contributed by atoms with E-state index in [1.165, 1.54) is 16.8 Å². The molecule has 0 saturated carbocycles. The molecule has 6 nitrogen and oxygen atoms in total. The molecule has 0 bridgehead atoms. The minimum absolute atomic E-state index is 0.110. The van der Waals surface area contributed by atoms with Gasteiger partial charge in [0.25, 0.3) is 5.56 Å². The number of hydrogen-bond donors (Lipinski definition) is 1. The van der Waals surface area contributed by atoms with Crippen LogP contribution < -0.4 is 15.8 Å². The molecule has 1 aliphatic heterocycles. The number of halogens is 1. The van der Waals surface area contributed by atoms with Gasteiger partial charge < -0.3 is 14.8 Å². The first-order chi connectivity index (χ1) is 11.5. The number of carbonyl (C=O) groups is 2. The minimum atomic E-state index is -0.587. The van der Waals surface area contributed by atoms with Crippen molar-refractivity contribution in [3.05, 3.63) is 64.0 Å². The fourth-order valence-corrected chi connectivity index (χ4v) is 2.88. The van der Waals surface area contributed by atoms with E-state index in [9.17, 15) is 14.4 Å². The van der Waals surface area contributed by atoms with Gasteiger partial charge in [0.15, 0.2) is 0 Å². The Morgan fingerprint density at radius 2 is 2.04 bits per heavy atom. The van der Waals surface area contributed by atoms with E-state index in [1.807, 2.05) is 0 Å². The molecule has 0 aliphatic carbocycles. The van der Waals surface area contributed by atoms with E-state index in [2.05, 4.69) is 5.32 Å². The van der Waals surface area contributed by atoms with Crippen molar-refractivity contribution >= 4 is 29.1 Å². The number of nitrogens with zero attached hydrogens (tertiary/aromatic N) is 2. The summed E-state index contributed by atoms with van der Waals surface area (Å²) in [6.07, 6.45) is 2.05. The number of pyridine rings is 1. The minimum Gasteiger partial charge on any atom is -0.343 e. The van der Waals surface area contributed by atoms with Crippen LogP contribution in [-0.4, -0.2) is 29.0 Å². The molecular weight excluding hydrogens is 330 g/mol. The van der Waals surface area contributed by atoms with E-state index >= 15 is 0 Å². The number of carbonyl (C=O) groups excluding carboxylic acids is 2. The summed E-state index contributed by atoms with van der Waals surface area (Å²) >= 11 is 5.96. The monoisotopic (exact) mass is 345 g/mol. The maximum Gasteiger partial charge on any atom is 0.250 e. The van der Waals surface area contributed by atoms with Crippen LogP contribution in [0.2, 0.25) is 5.02 Å². The lowest BCUT2D eigenvalue weighted by atomic mass is 10.2. The van der Waals surface area contributed by atoms with Crippen molar-refractivity contribution in [2.75, 3.05) is 11.4 Å². The van der Waals surface area contributed by atoms with Crippen molar-refractivity contribution in [1.82, 2.24) is 9.88 Å². The molecule has 24 heavy (non-hydrogen) atoms. The van der Waals surface area contributed by atoms with Gasteiger partial charge in [0.05, 0.1) is 0 Å². The molecule has 1 aromatic carbocycles. The highest BCUT2D eigenvalue weighted by Crippen LogP contribution is 2.24. The van der Waals surface area contributed by atoms with Crippen molar-refractivity contribution in [3.8, 4) is 0 Å². The molecule has 0 spiro atoms. The molecule has 1 aliphatic rings. The standard InChI is InChI=1S/C17H16ClN3O3/c18-12-4-3-5-13(10-12)21-9-7-14(17(21)24)19-15(22)11-20-8-2-1-6-16(20)23/h1-6,8,10,14H,7,9,11H2,(H,19,22). The van der Waals surface area contributed by atoms with Gasteiger partial charge in [-0.1, -0.05) is 23.7 Å². The van der Waals surface area contributed by atoms with E-state index in [0.29, 0.717) is 23.7 Å². The van der Waals surface area contributed by atoms with Gasteiger partial charge in [0.1, 0.15) is 12.6 Å². The smallest absolute Gasteiger partial charge is 0.250 e. The first-order valence-corrected chi connectivity index (χ1v) is 7.94. The average molecular weight is 346 g/mol. The van der Waals surface area contributed by atoms with Crippen LogP contribution in [-0.2, 0) is 16.1 Å². The van der Waals surface area contributed by atoms with E-state index < -0.39 is 6.04 Å². The molecule has 7 heteroatoms. The van der Waals surface area contributed by atoms with Crippen LogP contribution in [0.3, 0.4) is 0 Å². The largest absolute Gasteiger partial charge is 0.343 e. The van der Waals surface area contributed by atoms with Gasteiger partial charge in [-0.05, 0) is 30.7 Å². The molecule has 1 N–H and O–H groups in total. The summed E-state index contributed by atoms with van der Waals surface area (Å²) in [7, 11) is 0. The topological polar surface area (TPSA) is 71.4 Å². The third-order valence-electron chi connectivity index (χ3n) is 3.87. The molecule has 1 unspecified atom stereocenters. The Morgan fingerprint density at radius 1 is 1.21 bits per heavy atom. The Hall–Kier alpha value is -2.60. The molecule has 2 amide bonds. The molecule has 2 heterocycles. The molecule has 1 saturated heterocycles. The molecule has 3 rings (SSSR count). The third kappa shape index (κ3) is 3.49. The Labute approximate surface area is 143 Å². The van der Waals surface area contributed by atoms with Crippen LogP contribution in [0.15, 0.2) is 53.5 Å². The predicted molar refractivity (Wildman–Crippen MR) is 91.1 cm³/mol. The van der Waals surface area contributed by atoms with Gasteiger partial charge in [0.2, 0.25) is 11.8 Å². The van der Waals surface area contributed by atoms with E-state index in [4.69, 9.17) is 11.6 Å². The van der Waals surface area contributed by atoms with E-state index in [1.54, 1.807) is 41.3 Å². The van der Waals surface area contributed by atoms with E-state index in [0.717, 1.165) is 0 Å². The normalized spacial score (nSPS) is 17.1. The van der Waals surface area contributed by atoms with Crippen molar-refractivity contribution in [3.63, 3.8) is 0 Å². The van der Waals surface area contributed by atoms with Gasteiger partial charge >= 0.3 is 0 Å². The SMILES string of the molecule is O=C(Cn1ccccc1=O)NC1CCN(c2cccc(Cl)c2)C1=O. The molecule has 1 atom stereocenters. The summed E-state index contributed by atoms with van der Waals surface area (Å²) in [5.74, 6) is -0.541. The highest BCUT2D eigenvalue weighted by atomic mass is 35.5. The molecule has 124 valence electrons. The van der Waals surface area contributed by atoms with Gasteiger partial charge in [-0.3, -0.25) is 14.4 Å². The number of benzene rings is 1. The maximum atomic E-state index is 12.5. The third-order valence-corrected chi connectivity index (χ3v) is 4.11. The number of nitrogens with one attached hydrogen (secondary N) is 1. The zero-order valence-electron chi connectivity index (χ0n) is 12.8. The summed E-state index contributed by atoms with van der Waals surface area (Å²) in [4.78, 5) is 37.8. The zero-order chi connectivity index (χ0) is 17.1. The Morgan fingerprint density at radius 3 is 2.79 bits per heavy atom. The quantitative estimate of drug-likeness (QED) is 0.911. The lowest BCUT2D eigenvalue weighted by Crippen LogP contribution is -2.43. The summed E-state index contributed by atoms with van der Waals surface area (Å²) < 4.78 is 1.30. The fraction of sp³-hybridized carbons (Fsp3) is 0.235. The Balaban J connectivity index is 1.64. The van der Waals surface area contributed by atoms with Gasteiger partial charge in [-0.2, -0.15) is 0 Å². The van der Waals surface area contributed by atoms with Gasteiger partial charge in [0, 0.05) is 29.5 Å². The Kier molecular flexibility index (Phi) is 4.66. The second-order valence-corrected chi connectivity index (χ2v) is 5.98. The molecule has 2 aromatic rings. The lowest BCUT2D eigenvalue weighted by Gasteiger charge is -2.17. The number of aromatic nitrogens is 1. The predicted octanol–water partition coefficient (Wildman–Crippen LogP) is 1.42. The first-order valence-electron chi connectivity index (χ1n) is 7.56. The van der Waals surface area contributed by atoms with Crippen LogP contribution in [0.4, 0.5) is 5.69 Å². The van der Waals surface area contributed by atoms with Gasteiger partial charge in [-0.15, -0.1) is 0 Å². The van der Waals surface area contributed by atoms with Crippen LogP contribution >= 0.6 is 11.6 Å². The van der Waals surface area contributed by atoms with Gasteiger partial charge in [-0.25, -0.2) is 0 Å². The maximum absolute atomic E-state index is 12.5. The second-order valence-electron chi connectivity index (χ2n) is 5.55. The number of amides is 2. The summed E-state index contributed by atoms with van der Waals surface area (Å²) in [5, 5.41) is 3.25. The van der Waals surface area contributed by atoms with Crippen LogP contribution in [0, 0.1) is 0 Å². The number of anilines is 1. The van der Waals surface area contributed by atoms with Crippen molar-refractivity contribution in [2.45, 2.75) is 19.0 Å². The Bertz CT molecular complexity index is 834. The van der Waals surface area contributed by atoms with Crippen molar-refractivity contribution < 1.29 is 9.59 Å². The van der Waals surface area contributed by atoms with Crippen molar-refractivity contribution in [1.29, 1.82) is 0 Å². The van der Waals surface area contributed by atoms with Crippen LogP contribution in [0.5, 0.6) is 0 Å². The highest BCUT2D eigenvalue weighted by molar-refractivity contribution is 6.31. The zero-order valence-corrected chi connectivity index (χ0v) is 13.6. The van der Waals surface area contributed by atoms with Crippen LogP contribution in [0.25, 0.3) is 0 Å². The lowest BCUT2D eigenvalue weighted by molar-refractivity contribution is -0.126. The average Bonchev–Trinajstić information content (AvgIpc) is 2.90. The molecular formula is C17H16ClN3O3. The first kappa shape index (κ1) is 16.3. The number of hydrogen-bond acceptors (Lipinski definition) is 3. The van der Waals surface area contributed by atoms with Crippen LogP contribution in [0.1, 0.15) is 6.42 Å². The summed E-state index contributed by atoms with van der Waals surface area (Å²) in [5.41, 5.74) is 0.453. The summed E-state index contributed by atoms with van der Waals surface area (Å²) in [6.45, 7) is 0.399. The molecule has 0 radical (unpaired) electrons. The highest BCUT2D eigenvalue weighted by Gasteiger charge is 2.33. The van der Waals surface area contributed by atoms with Crippen molar-refractivity contribution in [2.24, 2.45) is 0 Å². The number of rotatable bonds is 4. The second kappa shape index (κ2) is 6.88. The van der Waals surface area contributed by atoms with E-state index in [-0.39, 0.29) is 23.9 Å². The fourth-order valence-electron chi connectivity index (χ4n) is 2.70. The summed E-state index contributed by atoms with van der Waals surface area (Å²) in [6, 6.07) is 11.1. The molecule has 1 aromatic heterocycles. The molecule has 1 fully saturated rings.